The van der Waals surface area contributed by atoms with E-state index < -0.39 is 10.0 Å². The molecule has 2 aromatic heterocycles. The fourth-order valence-corrected chi connectivity index (χ4v) is 3.68. The minimum Gasteiger partial charge on any atom is -0.276 e. The first kappa shape index (κ1) is 16.3. The predicted molar refractivity (Wildman–Crippen MR) is 91.3 cm³/mol. The molecule has 8 heteroatoms. The number of nitrogens with one attached hydrogen (secondary N) is 1. The number of hydrogen-bond acceptors (Lipinski definition) is 4. The van der Waals surface area contributed by atoms with Crippen LogP contribution in [0.4, 0.5) is 5.69 Å². The number of aromatic nitrogens is 4. The second-order valence-corrected chi connectivity index (χ2v) is 7.42. The smallest absolute Gasteiger partial charge is 0.265 e. The summed E-state index contributed by atoms with van der Waals surface area (Å²) in [6.45, 7) is 4.27. The van der Waals surface area contributed by atoms with E-state index in [1.807, 2.05) is 31.2 Å². The fraction of sp³-hybridized carbons (Fsp3) is 0.250. The summed E-state index contributed by atoms with van der Waals surface area (Å²) >= 11 is 0. The number of benzene rings is 1. The Kier molecular flexibility index (Phi) is 4.15. The lowest BCUT2D eigenvalue weighted by Gasteiger charge is -2.04. The largest absolute Gasteiger partial charge is 0.276 e. The van der Waals surface area contributed by atoms with E-state index in [9.17, 15) is 8.42 Å². The Balaban J connectivity index is 1.76. The van der Waals surface area contributed by atoms with Gasteiger partial charge in [-0.15, -0.1) is 0 Å². The summed E-state index contributed by atoms with van der Waals surface area (Å²) in [5.74, 6) is 0. The maximum absolute atomic E-state index is 12.4. The van der Waals surface area contributed by atoms with Gasteiger partial charge in [0.2, 0.25) is 0 Å². The van der Waals surface area contributed by atoms with Gasteiger partial charge in [0.25, 0.3) is 10.0 Å². The molecule has 126 valence electrons. The molecule has 3 rings (SSSR count). The lowest BCUT2D eigenvalue weighted by Crippen LogP contribution is -2.13. The number of nitrogens with zero attached hydrogens (tertiary/aromatic N) is 4. The second-order valence-electron chi connectivity index (χ2n) is 5.77. The Bertz CT molecular complexity index is 955. The van der Waals surface area contributed by atoms with Crippen molar-refractivity contribution in [2.75, 3.05) is 4.72 Å². The van der Waals surface area contributed by atoms with E-state index in [1.165, 1.54) is 22.6 Å². The molecule has 7 nitrogen and oxygen atoms in total. The molecule has 0 saturated carbocycles. The molecule has 3 aromatic rings. The zero-order valence-corrected chi connectivity index (χ0v) is 14.6. The van der Waals surface area contributed by atoms with E-state index in [4.69, 9.17) is 0 Å². The summed E-state index contributed by atoms with van der Waals surface area (Å²) in [5, 5.41) is 8.27. The Morgan fingerprint density at radius 1 is 1.12 bits per heavy atom. The summed E-state index contributed by atoms with van der Waals surface area (Å²) in [7, 11) is -1.99. The molecule has 1 N–H and O–H groups in total. The summed E-state index contributed by atoms with van der Waals surface area (Å²) in [4.78, 5) is 0.163. The molecule has 2 heterocycles. The van der Waals surface area contributed by atoms with Gasteiger partial charge >= 0.3 is 0 Å². The van der Waals surface area contributed by atoms with Crippen LogP contribution in [0, 0.1) is 13.8 Å². The van der Waals surface area contributed by atoms with Crippen molar-refractivity contribution in [3.05, 3.63) is 59.7 Å². The van der Waals surface area contributed by atoms with Crippen LogP contribution in [0.1, 0.15) is 16.8 Å². The van der Waals surface area contributed by atoms with Crippen molar-refractivity contribution < 1.29 is 8.42 Å². The van der Waals surface area contributed by atoms with Crippen LogP contribution in [0.15, 0.2) is 47.8 Å². The highest BCUT2D eigenvalue weighted by Crippen LogP contribution is 2.18. The molecule has 0 bridgehead atoms. The zero-order chi connectivity index (χ0) is 17.3. The minimum atomic E-state index is -3.67. The summed E-state index contributed by atoms with van der Waals surface area (Å²) < 4.78 is 30.6. The van der Waals surface area contributed by atoms with E-state index in [2.05, 4.69) is 14.9 Å². The molecule has 24 heavy (non-hydrogen) atoms. The van der Waals surface area contributed by atoms with E-state index in [1.54, 1.807) is 24.9 Å². The highest BCUT2D eigenvalue weighted by molar-refractivity contribution is 7.92. The molecular weight excluding hydrogens is 326 g/mol. The third kappa shape index (κ3) is 3.48. The van der Waals surface area contributed by atoms with Crippen LogP contribution in [0.2, 0.25) is 0 Å². The van der Waals surface area contributed by atoms with E-state index in [0.29, 0.717) is 17.9 Å². The van der Waals surface area contributed by atoms with Crippen LogP contribution in [-0.2, 0) is 23.6 Å². The highest BCUT2D eigenvalue weighted by Gasteiger charge is 2.20. The van der Waals surface area contributed by atoms with Crippen molar-refractivity contribution in [1.82, 2.24) is 19.6 Å². The van der Waals surface area contributed by atoms with Gasteiger partial charge in [-0.2, -0.15) is 10.2 Å². The zero-order valence-electron chi connectivity index (χ0n) is 13.8. The van der Waals surface area contributed by atoms with Gasteiger partial charge in [-0.25, -0.2) is 8.42 Å². The lowest BCUT2D eigenvalue weighted by atomic mass is 10.1. The molecule has 0 fully saturated rings. The van der Waals surface area contributed by atoms with Crippen LogP contribution in [0.3, 0.4) is 0 Å². The van der Waals surface area contributed by atoms with Crippen molar-refractivity contribution in [3.63, 3.8) is 0 Å². The SMILES string of the molecule is Cc1ccc(Cn2cc(NS(=O)(=O)c3cn(C)nc3C)cn2)cc1. The van der Waals surface area contributed by atoms with E-state index in [0.717, 1.165) is 5.56 Å². The molecule has 0 radical (unpaired) electrons. The number of aryl methyl sites for hydroxylation is 3. The quantitative estimate of drug-likeness (QED) is 0.767. The van der Waals surface area contributed by atoms with Gasteiger partial charge in [-0.05, 0) is 19.4 Å². The molecule has 1 aromatic carbocycles. The topological polar surface area (TPSA) is 81.8 Å². The molecule has 0 amide bonds. The molecule has 0 atom stereocenters. The first-order valence-corrected chi connectivity index (χ1v) is 8.93. The molecule has 0 spiro atoms. The number of hydrogen-bond donors (Lipinski definition) is 1. The van der Waals surface area contributed by atoms with Crippen molar-refractivity contribution in [3.8, 4) is 0 Å². The van der Waals surface area contributed by atoms with Gasteiger partial charge in [0.15, 0.2) is 0 Å². The fourth-order valence-electron chi connectivity index (χ4n) is 2.44. The number of rotatable bonds is 5. The third-order valence-electron chi connectivity index (χ3n) is 3.61. The van der Waals surface area contributed by atoms with Gasteiger partial charge in [0.05, 0.1) is 24.1 Å². The first-order valence-electron chi connectivity index (χ1n) is 7.44. The lowest BCUT2D eigenvalue weighted by molar-refractivity contribution is 0.600. The van der Waals surface area contributed by atoms with Gasteiger partial charge in [-0.3, -0.25) is 14.1 Å². The standard InChI is InChI=1S/C16H19N5O2S/c1-12-4-6-14(7-5-12)9-21-10-15(8-17-21)19-24(22,23)16-11-20(3)18-13(16)2/h4-8,10-11,19H,9H2,1-3H3. The van der Waals surface area contributed by atoms with E-state index in [-0.39, 0.29) is 4.90 Å². The van der Waals surface area contributed by atoms with Gasteiger partial charge in [-0.1, -0.05) is 29.8 Å². The van der Waals surface area contributed by atoms with Crippen LogP contribution in [-0.4, -0.2) is 28.0 Å². The Labute approximate surface area is 141 Å². The minimum absolute atomic E-state index is 0.163. The maximum Gasteiger partial charge on any atom is 0.265 e. The number of sulfonamides is 1. The average Bonchev–Trinajstić information content (AvgIpc) is 3.07. The molecule has 0 aliphatic carbocycles. The van der Waals surface area contributed by atoms with Crippen molar-refractivity contribution in [2.24, 2.45) is 7.05 Å². The Morgan fingerprint density at radius 2 is 1.83 bits per heavy atom. The Morgan fingerprint density at radius 3 is 2.46 bits per heavy atom. The second kappa shape index (κ2) is 6.12. The first-order chi connectivity index (χ1) is 11.3. The maximum atomic E-state index is 12.4. The average molecular weight is 345 g/mol. The van der Waals surface area contributed by atoms with Crippen LogP contribution < -0.4 is 4.72 Å². The molecule has 0 unspecified atom stereocenters. The number of anilines is 1. The molecule has 0 aliphatic heterocycles. The third-order valence-corrected chi connectivity index (χ3v) is 5.09. The van der Waals surface area contributed by atoms with E-state index >= 15 is 0 Å². The van der Waals surface area contributed by atoms with Gasteiger partial charge in [0.1, 0.15) is 4.90 Å². The van der Waals surface area contributed by atoms with Crippen molar-refractivity contribution in [1.29, 1.82) is 0 Å². The monoisotopic (exact) mass is 345 g/mol. The van der Waals surface area contributed by atoms with Gasteiger partial charge < -0.3 is 0 Å². The van der Waals surface area contributed by atoms with Crippen LogP contribution in [0.25, 0.3) is 0 Å². The Hall–Kier alpha value is -2.61. The molecule has 0 saturated heterocycles. The summed E-state index contributed by atoms with van der Waals surface area (Å²) in [6.07, 6.45) is 4.65. The molecular formula is C16H19N5O2S. The normalized spacial score (nSPS) is 11.6. The summed E-state index contributed by atoms with van der Waals surface area (Å²) in [5.41, 5.74) is 3.17. The van der Waals surface area contributed by atoms with Crippen molar-refractivity contribution in [2.45, 2.75) is 25.3 Å². The van der Waals surface area contributed by atoms with Gasteiger partial charge in [0, 0.05) is 19.4 Å². The van der Waals surface area contributed by atoms with Crippen LogP contribution >= 0.6 is 0 Å². The highest BCUT2D eigenvalue weighted by atomic mass is 32.2. The molecule has 0 aliphatic rings. The van der Waals surface area contributed by atoms with Crippen LogP contribution in [0.5, 0.6) is 0 Å². The summed E-state index contributed by atoms with van der Waals surface area (Å²) in [6, 6.07) is 8.13. The van der Waals surface area contributed by atoms with Crippen molar-refractivity contribution >= 4 is 15.7 Å². The predicted octanol–water partition coefficient (Wildman–Crippen LogP) is 2.08.